The van der Waals surface area contributed by atoms with Crippen LogP contribution in [0.3, 0.4) is 0 Å². The van der Waals surface area contributed by atoms with E-state index in [4.69, 9.17) is 14.2 Å². The maximum Gasteiger partial charge on any atom is 0.311 e. The lowest BCUT2D eigenvalue weighted by molar-refractivity contribution is -0.155. The van der Waals surface area contributed by atoms with E-state index in [-0.39, 0.29) is 59.5 Å². The monoisotopic (exact) mass is 462 g/mol. The van der Waals surface area contributed by atoms with Crippen LogP contribution in [0.25, 0.3) is 0 Å². The molecule has 0 aromatic heterocycles. The molecule has 33 heavy (non-hydrogen) atoms. The maximum atomic E-state index is 13.0. The van der Waals surface area contributed by atoms with Crippen molar-refractivity contribution < 1.29 is 23.8 Å². The zero-order chi connectivity index (χ0) is 25.7. The summed E-state index contributed by atoms with van der Waals surface area (Å²) in [5.41, 5.74) is 1.35. The van der Waals surface area contributed by atoms with E-state index in [1.807, 2.05) is 46.8 Å². The molecular formula is C28H46O5. The zero-order valence-corrected chi connectivity index (χ0v) is 22.9. The van der Waals surface area contributed by atoms with Crippen LogP contribution in [0.15, 0.2) is 12.1 Å². The van der Waals surface area contributed by atoms with E-state index in [1.165, 1.54) is 0 Å². The van der Waals surface area contributed by atoms with Crippen molar-refractivity contribution in [1.82, 2.24) is 0 Å². The molecule has 5 heteroatoms. The van der Waals surface area contributed by atoms with E-state index in [1.54, 1.807) is 7.11 Å². The topological polar surface area (TPSA) is 61.8 Å². The van der Waals surface area contributed by atoms with Crippen LogP contribution in [-0.4, -0.2) is 25.2 Å². The molecule has 0 radical (unpaired) electrons. The molecule has 1 rings (SSSR count). The summed E-state index contributed by atoms with van der Waals surface area (Å²) in [6.07, 6.45) is 0.202. The van der Waals surface area contributed by atoms with Gasteiger partial charge in [0, 0.05) is 24.0 Å². The molecule has 1 atom stereocenters. The molecule has 188 valence electrons. The smallest absolute Gasteiger partial charge is 0.311 e. The molecule has 0 heterocycles. The van der Waals surface area contributed by atoms with Crippen LogP contribution >= 0.6 is 0 Å². The van der Waals surface area contributed by atoms with Crippen LogP contribution in [0.1, 0.15) is 100 Å². The minimum Gasteiger partial charge on any atom is -0.497 e. The van der Waals surface area contributed by atoms with Crippen LogP contribution in [0.4, 0.5) is 0 Å². The molecule has 0 bridgehead atoms. The SMILES string of the molecule is COc1cc(C(C)(C)C)c(OC(=O)CC(C)CC(=O)OC(C(C)C)C(C)C)c(C(C)(C)C)c1. The van der Waals surface area contributed by atoms with Crippen LogP contribution in [0.2, 0.25) is 0 Å². The van der Waals surface area contributed by atoms with Crippen LogP contribution in [0.5, 0.6) is 11.5 Å². The second kappa shape index (κ2) is 11.4. The standard InChI is InChI=1S/C28H46O5/c1-17(2)25(18(3)4)32-23(29)13-19(5)14-24(30)33-26-21(27(6,7)8)15-20(31-12)16-22(26)28(9,10)11/h15-19,25H,13-14H2,1-12H3. The predicted molar refractivity (Wildman–Crippen MR) is 134 cm³/mol. The first-order valence-electron chi connectivity index (χ1n) is 12.1. The lowest BCUT2D eigenvalue weighted by atomic mass is 9.79. The summed E-state index contributed by atoms with van der Waals surface area (Å²) in [7, 11) is 1.64. The Bertz CT molecular complexity index is 766. The van der Waals surface area contributed by atoms with Crippen molar-refractivity contribution in [1.29, 1.82) is 0 Å². The van der Waals surface area contributed by atoms with Crippen molar-refractivity contribution in [2.45, 2.75) is 106 Å². The summed E-state index contributed by atoms with van der Waals surface area (Å²) in [4.78, 5) is 25.4. The van der Waals surface area contributed by atoms with Gasteiger partial charge in [0.1, 0.15) is 17.6 Å². The fraction of sp³-hybridized carbons (Fsp3) is 0.714. The summed E-state index contributed by atoms with van der Waals surface area (Å²) >= 11 is 0. The van der Waals surface area contributed by atoms with Gasteiger partial charge in [-0.3, -0.25) is 9.59 Å². The molecule has 0 aliphatic rings. The summed E-state index contributed by atoms with van der Waals surface area (Å²) in [5, 5.41) is 0. The highest BCUT2D eigenvalue weighted by Crippen LogP contribution is 2.42. The van der Waals surface area contributed by atoms with Gasteiger partial charge in [-0.15, -0.1) is 0 Å². The van der Waals surface area contributed by atoms with Crippen molar-refractivity contribution in [2.24, 2.45) is 17.8 Å². The average Bonchev–Trinajstić information content (AvgIpc) is 2.63. The van der Waals surface area contributed by atoms with Gasteiger partial charge in [0.15, 0.2) is 0 Å². The first-order chi connectivity index (χ1) is 15.0. The summed E-state index contributed by atoms with van der Waals surface area (Å²) in [6, 6.07) is 3.88. The Kier molecular flexibility index (Phi) is 10.0. The molecule has 0 aliphatic heterocycles. The third kappa shape index (κ3) is 8.68. The molecule has 0 saturated carbocycles. The first-order valence-corrected chi connectivity index (χ1v) is 12.1. The second-order valence-electron chi connectivity index (χ2n) is 12.0. The van der Waals surface area contributed by atoms with Crippen molar-refractivity contribution >= 4 is 11.9 Å². The summed E-state index contributed by atoms with van der Waals surface area (Å²) in [6.45, 7) is 22.6. The Hall–Kier alpha value is -2.04. The number of hydrogen-bond donors (Lipinski definition) is 0. The van der Waals surface area contributed by atoms with E-state index < -0.39 is 0 Å². The van der Waals surface area contributed by atoms with Gasteiger partial charge < -0.3 is 14.2 Å². The van der Waals surface area contributed by atoms with Crippen LogP contribution in [-0.2, 0) is 25.2 Å². The van der Waals surface area contributed by atoms with Gasteiger partial charge in [0.05, 0.1) is 7.11 Å². The van der Waals surface area contributed by atoms with E-state index in [0.717, 1.165) is 16.9 Å². The minimum absolute atomic E-state index is 0.125. The van der Waals surface area contributed by atoms with Crippen molar-refractivity contribution in [3.63, 3.8) is 0 Å². The van der Waals surface area contributed by atoms with Crippen LogP contribution in [0, 0.1) is 17.8 Å². The highest BCUT2D eigenvalue weighted by molar-refractivity contribution is 5.76. The Morgan fingerprint density at radius 2 is 1.21 bits per heavy atom. The molecule has 0 amide bonds. The summed E-state index contributed by atoms with van der Waals surface area (Å²) in [5.74, 6) is 1.03. The molecule has 1 aromatic carbocycles. The molecular weight excluding hydrogens is 416 g/mol. The van der Waals surface area contributed by atoms with E-state index in [9.17, 15) is 9.59 Å². The van der Waals surface area contributed by atoms with Gasteiger partial charge in [0.2, 0.25) is 0 Å². The quantitative estimate of drug-likeness (QED) is 0.297. The molecule has 0 spiro atoms. The third-order valence-electron chi connectivity index (χ3n) is 5.74. The third-order valence-corrected chi connectivity index (χ3v) is 5.74. The Morgan fingerprint density at radius 3 is 1.58 bits per heavy atom. The number of benzene rings is 1. The van der Waals surface area contributed by atoms with E-state index in [0.29, 0.717) is 5.75 Å². The van der Waals surface area contributed by atoms with Gasteiger partial charge in [0.25, 0.3) is 0 Å². The molecule has 0 aliphatic carbocycles. The number of ether oxygens (including phenoxy) is 3. The highest BCUT2D eigenvalue weighted by atomic mass is 16.5. The Morgan fingerprint density at radius 1 is 0.788 bits per heavy atom. The first kappa shape index (κ1) is 29.0. The highest BCUT2D eigenvalue weighted by Gasteiger charge is 2.30. The largest absolute Gasteiger partial charge is 0.497 e. The molecule has 5 nitrogen and oxygen atoms in total. The average molecular weight is 463 g/mol. The van der Waals surface area contributed by atoms with Crippen LogP contribution < -0.4 is 9.47 Å². The normalized spacial score (nSPS) is 13.4. The molecule has 0 fully saturated rings. The van der Waals surface area contributed by atoms with Gasteiger partial charge >= 0.3 is 11.9 Å². The zero-order valence-electron chi connectivity index (χ0n) is 22.9. The number of rotatable bonds is 9. The van der Waals surface area contributed by atoms with Crippen molar-refractivity contribution in [3.05, 3.63) is 23.3 Å². The number of carbonyl (C=O) groups excluding carboxylic acids is 2. The Balaban J connectivity index is 3.06. The fourth-order valence-electron chi connectivity index (χ4n) is 3.98. The molecule has 0 N–H and O–H groups in total. The van der Waals surface area contributed by atoms with Gasteiger partial charge in [-0.05, 0) is 40.7 Å². The minimum atomic E-state index is -0.347. The lowest BCUT2D eigenvalue weighted by Crippen LogP contribution is -2.29. The molecule has 0 saturated heterocycles. The van der Waals surface area contributed by atoms with Gasteiger partial charge in [-0.1, -0.05) is 76.2 Å². The van der Waals surface area contributed by atoms with Crippen molar-refractivity contribution in [3.8, 4) is 11.5 Å². The maximum absolute atomic E-state index is 13.0. The predicted octanol–water partition coefficient (Wildman–Crippen LogP) is 6.84. The number of esters is 2. The summed E-state index contributed by atoms with van der Waals surface area (Å²) < 4.78 is 17.2. The van der Waals surface area contributed by atoms with E-state index in [2.05, 4.69) is 41.5 Å². The fourth-order valence-corrected chi connectivity index (χ4v) is 3.98. The molecule has 1 aromatic rings. The number of methoxy groups -OCH3 is 1. The Labute approximate surface area is 201 Å². The van der Waals surface area contributed by atoms with Gasteiger partial charge in [-0.25, -0.2) is 0 Å². The van der Waals surface area contributed by atoms with Crippen molar-refractivity contribution in [2.75, 3.05) is 7.11 Å². The lowest BCUT2D eigenvalue weighted by Gasteiger charge is -2.30. The number of hydrogen-bond acceptors (Lipinski definition) is 5. The molecule has 1 unspecified atom stereocenters. The second-order valence-corrected chi connectivity index (χ2v) is 12.0. The van der Waals surface area contributed by atoms with Gasteiger partial charge in [-0.2, -0.15) is 0 Å². The van der Waals surface area contributed by atoms with E-state index >= 15 is 0 Å². The number of carbonyl (C=O) groups is 2.